The molecule has 0 amide bonds. The van der Waals surface area contributed by atoms with E-state index in [1.807, 2.05) is 38.1 Å². The number of rotatable bonds is 7. The molecular weight excluding hydrogens is 356 g/mol. The zero-order valence-corrected chi connectivity index (χ0v) is 16.7. The summed E-state index contributed by atoms with van der Waals surface area (Å²) in [6, 6.07) is 22.7. The molecule has 0 saturated heterocycles. The molecule has 0 saturated carbocycles. The van der Waals surface area contributed by atoms with Gasteiger partial charge >= 0.3 is 5.97 Å². The Balaban J connectivity index is 1.54. The van der Waals surface area contributed by atoms with E-state index in [1.165, 1.54) is 35.2 Å². The molecule has 0 fully saturated rings. The minimum Gasteiger partial charge on any atom is -0.493 e. The average Bonchev–Trinajstić information content (AvgIpc) is 2.68. The number of ether oxygens (including phenoxy) is 2. The van der Waals surface area contributed by atoms with E-state index in [4.69, 9.17) is 9.47 Å². The van der Waals surface area contributed by atoms with Gasteiger partial charge in [-0.1, -0.05) is 42.5 Å². The van der Waals surface area contributed by atoms with Crippen LogP contribution in [0.1, 0.15) is 19.4 Å². The second-order valence-electron chi connectivity index (χ2n) is 6.86. The first-order valence-corrected chi connectivity index (χ1v) is 9.77. The van der Waals surface area contributed by atoms with Gasteiger partial charge in [-0.05, 0) is 54.4 Å². The summed E-state index contributed by atoms with van der Waals surface area (Å²) in [4.78, 5) is 12.8. The van der Waals surface area contributed by atoms with Gasteiger partial charge < -0.3 is 9.47 Å². The van der Waals surface area contributed by atoms with E-state index >= 15 is 0 Å². The summed E-state index contributed by atoms with van der Waals surface area (Å²) in [6.45, 7) is 4.34. The van der Waals surface area contributed by atoms with Crippen molar-refractivity contribution in [2.24, 2.45) is 0 Å². The smallest absolute Gasteiger partial charge is 0.321 e. The topological polar surface area (TPSA) is 35.5 Å². The van der Waals surface area contributed by atoms with Crippen molar-refractivity contribution >= 4 is 28.5 Å². The van der Waals surface area contributed by atoms with Crippen LogP contribution in [0.3, 0.4) is 0 Å². The van der Waals surface area contributed by atoms with Crippen molar-refractivity contribution in [3.63, 3.8) is 0 Å². The van der Waals surface area contributed by atoms with E-state index in [0.717, 1.165) is 17.1 Å². The molecule has 0 bridgehead atoms. The lowest BCUT2D eigenvalue weighted by molar-refractivity contribution is -0.142. The quantitative estimate of drug-likeness (QED) is 0.400. The highest BCUT2D eigenvalue weighted by Gasteiger charge is 2.29. The first-order chi connectivity index (χ1) is 13.0. The van der Waals surface area contributed by atoms with Crippen LogP contribution >= 0.6 is 11.8 Å². The van der Waals surface area contributed by atoms with Gasteiger partial charge in [0.1, 0.15) is 10.5 Å². The van der Waals surface area contributed by atoms with Crippen molar-refractivity contribution in [1.82, 2.24) is 0 Å². The van der Waals surface area contributed by atoms with Gasteiger partial charge in [-0.3, -0.25) is 4.79 Å². The molecule has 3 nitrogen and oxygen atoms in total. The number of esters is 1. The molecule has 0 aliphatic carbocycles. The van der Waals surface area contributed by atoms with E-state index in [0.29, 0.717) is 6.61 Å². The SMILES string of the molecule is COC(=O)C(C)(C)Sc1ccc(OCCc2ccc3ccccc3c2)cc1. The third-order valence-corrected chi connectivity index (χ3v) is 5.53. The summed E-state index contributed by atoms with van der Waals surface area (Å²) in [5, 5.41) is 2.51. The third-order valence-electron chi connectivity index (χ3n) is 4.35. The predicted octanol–water partition coefficient (Wildman–Crippen LogP) is 5.51. The summed E-state index contributed by atoms with van der Waals surface area (Å²) in [7, 11) is 1.41. The fourth-order valence-electron chi connectivity index (χ4n) is 2.87. The molecule has 0 aliphatic rings. The van der Waals surface area contributed by atoms with Gasteiger partial charge in [0, 0.05) is 11.3 Å². The molecule has 0 heterocycles. The van der Waals surface area contributed by atoms with Crippen molar-refractivity contribution in [2.45, 2.75) is 29.9 Å². The van der Waals surface area contributed by atoms with E-state index in [9.17, 15) is 4.79 Å². The Morgan fingerprint density at radius 2 is 1.67 bits per heavy atom. The molecule has 0 atom stereocenters. The van der Waals surface area contributed by atoms with Crippen molar-refractivity contribution in [3.8, 4) is 5.75 Å². The highest BCUT2D eigenvalue weighted by molar-refractivity contribution is 8.01. The maximum Gasteiger partial charge on any atom is 0.321 e. The van der Waals surface area contributed by atoms with E-state index in [-0.39, 0.29) is 5.97 Å². The normalized spacial score (nSPS) is 11.4. The maximum atomic E-state index is 11.8. The van der Waals surface area contributed by atoms with Crippen LogP contribution in [-0.2, 0) is 16.0 Å². The molecule has 4 heteroatoms. The molecule has 0 radical (unpaired) electrons. The number of thioether (sulfide) groups is 1. The number of carbonyl (C=O) groups is 1. The molecule has 0 spiro atoms. The van der Waals surface area contributed by atoms with Gasteiger partial charge in [0.15, 0.2) is 0 Å². The number of hydrogen-bond donors (Lipinski definition) is 0. The van der Waals surface area contributed by atoms with Crippen LogP contribution in [0.5, 0.6) is 5.75 Å². The summed E-state index contributed by atoms with van der Waals surface area (Å²) in [5.41, 5.74) is 1.26. The fourth-order valence-corrected chi connectivity index (χ4v) is 3.90. The largest absolute Gasteiger partial charge is 0.493 e. The number of methoxy groups -OCH3 is 1. The Labute approximate surface area is 164 Å². The third kappa shape index (κ3) is 5.04. The number of fused-ring (bicyclic) bond motifs is 1. The summed E-state index contributed by atoms with van der Waals surface area (Å²) in [5.74, 6) is 0.597. The molecule has 3 aromatic rings. The van der Waals surface area contributed by atoms with E-state index in [1.54, 1.807) is 0 Å². The molecule has 3 aromatic carbocycles. The summed E-state index contributed by atoms with van der Waals surface area (Å²) in [6.07, 6.45) is 0.858. The fraction of sp³-hybridized carbons (Fsp3) is 0.261. The molecular formula is C23H24O3S. The van der Waals surface area contributed by atoms with Crippen molar-refractivity contribution < 1.29 is 14.3 Å². The number of carbonyl (C=O) groups excluding carboxylic acids is 1. The van der Waals surface area contributed by atoms with Gasteiger partial charge in [-0.25, -0.2) is 0 Å². The van der Waals surface area contributed by atoms with Gasteiger partial charge in [0.25, 0.3) is 0 Å². The summed E-state index contributed by atoms with van der Waals surface area (Å²) < 4.78 is 10.1. The highest BCUT2D eigenvalue weighted by Crippen LogP contribution is 2.34. The molecule has 0 aromatic heterocycles. The first-order valence-electron chi connectivity index (χ1n) is 8.96. The number of benzene rings is 3. The lowest BCUT2D eigenvalue weighted by Gasteiger charge is -2.20. The van der Waals surface area contributed by atoms with Crippen LogP contribution in [0.4, 0.5) is 0 Å². The van der Waals surface area contributed by atoms with E-state index in [2.05, 4.69) is 42.5 Å². The standard InChI is InChI=1S/C23H24O3S/c1-23(2,22(24)25-3)27-21-12-10-20(11-13-21)26-15-14-17-8-9-18-6-4-5-7-19(18)16-17/h4-13,16H,14-15H2,1-3H3. The van der Waals surface area contributed by atoms with Crippen LogP contribution < -0.4 is 4.74 Å². The zero-order chi connectivity index (χ0) is 19.3. The van der Waals surface area contributed by atoms with Crippen molar-refractivity contribution in [3.05, 3.63) is 72.3 Å². The van der Waals surface area contributed by atoms with Gasteiger partial charge in [0.2, 0.25) is 0 Å². The maximum absolute atomic E-state index is 11.8. The van der Waals surface area contributed by atoms with E-state index < -0.39 is 4.75 Å². The monoisotopic (exact) mass is 380 g/mol. The molecule has 140 valence electrons. The minimum atomic E-state index is -0.618. The Kier molecular flexibility index (Phi) is 6.07. The Morgan fingerprint density at radius 3 is 2.37 bits per heavy atom. The van der Waals surface area contributed by atoms with Crippen molar-refractivity contribution in [1.29, 1.82) is 0 Å². The lowest BCUT2D eigenvalue weighted by atomic mass is 10.1. The van der Waals surface area contributed by atoms with Crippen molar-refractivity contribution in [2.75, 3.05) is 13.7 Å². The number of hydrogen-bond acceptors (Lipinski definition) is 4. The van der Waals surface area contributed by atoms with Crippen LogP contribution in [0, 0.1) is 0 Å². The first kappa shape index (κ1) is 19.3. The molecule has 0 unspecified atom stereocenters. The summed E-state index contributed by atoms with van der Waals surface area (Å²) >= 11 is 1.48. The molecule has 27 heavy (non-hydrogen) atoms. The molecule has 0 N–H and O–H groups in total. The molecule has 0 aliphatic heterocycles. The van der Waals surface area contributed by atoms with Gasteiger partial charge in [0.05, 0.1) is 13.7 Å². The zero-order valence-electron chi connectivity index (χ0n) is 15.9. The second kappa shape index (κ2) is 8.49. The van der Waals surface area contributed by atoms with Crippen LogP contribution in [0.2, 0.25) is 0 Å². The Morgan fingerprint density at radius 1 is 0.963 bits per heavy atom. The van der Waals surface area contributed by atoms with Gasteiger partial charge in [-0.15, -0.1) is 11.8 Å². The second-order valence-corrected chi connectivity index (χ2v) is 8.55. The predicted molar refractivity (Wildman–Crippen MR) is 112 cm³/mol. The van der Waals surface area contributed by atoms with Crippen LogP contribution in [0.15, 0.2) is 71.6 Å². The Bertz CT molecular complexity index is 916. The highest BCUT2D eigenvalue weighted by atomic mass is 32.2. The Hall–Kier alpha value is -2.46. The van der Waals surface area contributed by atoms with Gasteiger partial charge in [-0.2, -0.15) is 0 Å². The lowest BCUT2D eigenvalue weighted by Crippen LogP contribution is -2.28. The van der Waals surface area contributed by atoms with Crippen LogP contribution in [-0.4, -0.2) is 24.4 Å². The molecule has 3 rings (SSSR count). The minimum absolute atomic E-state index is 0.233. The van der Waals surface area contributed by atoms with Crippen LogP contribution in [0.25, 0.3) is 10.8 Å². The average molecular weight is 381 g/mol.